The third-order valence-electron chi connectivity index (χ3n) is 4.52. The minimum absolute atomic E-state index is 0.167. The van der Waals surface area contributed by atoms with E-state index in [1.165, 1.54) is 11.1 Å². The van der Waals surface area contributed by atoms with E-state index in [0.29, 0.717) is 11.4 Å². The SMILES string of the molecule is Cc1ccc(Nc2nc(-c3ccccc3O)nc3ccccc23)cc1C. The van der Waals surface area contributed by atoms with Gasteiger partial charge in [-0.25, -0.2) is 9.97 Å². The number of hydrogen-bond acceptors (Lipinski definition) is 4. The lowest BCUT2D eigenvalue weighted by molar-refractivity contribution is 0.477. The van der Waals surface area contributed by atoms with Gasteiger partial charge in [-0.2, -0.15) is 0 Å². The minimum atomic E-state index is 0.167. The van der Waals surface area contributed by atoms with Gasteiger partial charge >= 0.3 is 0 Å². The molecule has 0 radical (unpaired) electrons. The number of aromatic nitrogens is 2. The first-order valence-electron chi connectivity index (χ1n) is 8.51. The van der Waals surface area contributed by atoms with Crippen molar-refractivity contribution in [3.05, 3.63) is 77.9 Å². The summed E-state index contributed by atoms with van der Waals surface area (Å²) in [5, 5.41) is 14.5. The minimum Gasteiger partial charge on any atom is -0.507 e. The van der Waals surface area contributed by atoms with Crippen molar-refractivity contribution in [2.24, 2.45) is 0 Å². The molecule has 0 fully saturated rings. The normalized spacial score (nSPS) is 10.8. The lowest BCUT2D eigenvalue weighted by Crippen LogP contribution is -2.00. The summed E-state index contributed by atoms with van der Waals surface area (Å²) in [6, 6.07) is 21.2. The van der Waals surface area contributed by atoms with Crippen LogP contribution < -0.4 is 5.32 Å². The van der Waals surface area contributed by atoms with Crippen LogP contribution >= 0.6 is 0 Å². The summed E-state index contributed by atoms with van der Waals surface area (Å²) in [5.74, 6) is 1.38. The average Bonchev–Trinajstić information content (AvgIpc) is 2.65. The van der Waals surface area contributed by atoms with E-state index in [2.05, 4.69) is 36.3 Å². The molecule has 1 aromatic heterocycles. The third-order valence-corrected chi connectivity index (χ3v) is 4.52. The Kier molecular flexibility index (Phi) is 4.01. The molecule has 4 nitrogen and oxygen atoms in total. The van der Waals surface area contributed by atoms with Crippen LogP contribution in [0, 0.1) is 13.8 Å². The van der Waals surface area contributed by atoms with Crippen molar-refractivity contribution in [3.8, 4) is 17.1 Å². The van der Waals surface area contributed by atoms with E-state index in [4.69, 9.17) is 4.98 Å². The van der Waals surface area contributed by atoms with Crippen LogP contribution in [0.5, 0.6) is 5.75 Å². The van der Waals surface area contributed by atoms with Crippen LogP contribution in [-0.2, 0) is 0 Å². The Bertz CT molecular complexity index is 1110. The zero-order chi connectivity index (χ0) is 18.1. The molecule has 0 unspecified atom stereocenters. The number of aryl methyl sites for hydroxylation is 2. The van der Waals surface area contributed by atoms with E-state index >= 15 is 0 Å². The molecule has 4 aromatic rings. The fraction of sp³-hybridized carbons (Fsp3) is 0.0909. The Hall–Kier alpha value is -3.40. The van der Waals surface area contributed by atoms with E-state index in [0.717, 1.165) is 22.4 Å². The molecule has 0 saturated heterocycles. The summed E-state index contributed by atoms with van der Waals surface area (Å²) < 4.78 is 0. The molecule has 0 atom stereocenters. The standard InChI is InChI=1S/C22H19N3O/c1-14-11-12-16(13-15(14)2)23-21-17-7-3-5-9-19(17)24-22(25-21)18-8-4-6-10-20(18)26/h3-13,26H,1-2H3,(H,23,24,25). The predicted octanol–water partition coefficient (Wildman–Crippen LogP) is 5.36. The Morgan fingerprint density at radius 2 is 1.58 bits per heavy atom. The number of hydrogen-bond donors (Lipinski definition) is 2. The van der Waals surface area contributed by atoms with Crippen molar-refractivity contribution < 1.29 is 5.11 Å². The van der Waals surface area contributed by atoms with E-state index < -0.39 is 0 Å². The van der Waals surface area contributed by atoms with E-state index in [-0.39, 0.29) is 5.75 Å². The zero-order valence-electron chi connectivity index (χ0n) is 14.7. The number of fused-ring (bicyclic) bond motifs is 1. The van der Waals surface area contributed by atoms with Gasteiger partial charge in [-0.1, -0.05) is 30.3 Å². The molecule has 4 rings (SSSR count). The summed E-state index contributed by atoms with van der Waals surface area (Å²) in [6.07, 6.45) is 0. The second-order valence-corrected chi connectivity index (χ2v) is 6.35. The number of phenolic OH excluding ortho intramolecular Hbond substituents is 1. The van der Waals surface area contributed by atoms with Gasteiger partial charge < -0.3 is 10.4 Å². The molecule has 4 heteroatoms. The Morgan fingerprint density at radius 1 is 0.808 bits per heavy atom. The van der Waals surface area contributed by atoms with Crippen LogP contribution in [0.3, 0.4) is 0 Å². The van der Waals surface area contributed by atoms with Gasteiger partial charge in [0.1, 0.15) is 11.6 Å². The van der Waals surface area contributed by atoms with Gasteiger partial charge in [0.15, 0.2) is 5.82 Å². The Labute approximate surface area is 152 Å². The van der Waals surface area contributed by atoms with Gasteiger partial charge in [0.2, 0.25) is 0 Å². The fourth-order valence-electron chi connectivity index (χ4n) is 2.91. The van der Waals surface area contributed by atoms with Gasteiger partial charge in [-0.05, 0) is 61.4 Å². The summed E-state index contributed by atoms with van der Waals surface area (Å²) in [7, 11) is 0. The number of nitrogens with zero attached hydrogens (tertiary/aromatic N) is 2. The van der Waals surface area contributed by atoms with Crippen molar-refractivity contribution in [2.75, 3.05) is 5.32 Å². The molecule has 0 aliphatic carbocycles. The fourth-order valence-corrected chi connectivity index (χ4v) is 2.91. The first-order valence-corrected chi connectivity index (χ1v) is 8.51. The highest BCUT2D eigenvalue weighted by atomic mass is 16.3. The summed E-state index contributed by atoms with van der Waals surface area (Å²) in [5.41, 5.74) is 4.88. The molecule has 0 aliphatic rings. The number of anilines is 2. The highest BCUT2D eigenvalue weighted by Crippen LogP contribution is 2.31. The van der Waals surface area contributed by atoms with Crippen LogP contribution in [0.15, 0.2) is 66.7 Å². The van der Waals surface area contributed by atoms with Crippen LogP contribution in [0.1, 0.15) is 11.1 Å². The highest BCUT2D eigenvalue weighted by molar-refractivity contribution is 5.92. The van der Waals surface area contributed by atoms with Crippen LogP contribution in [-0.4, -0.2) is 15.1 Å². The second kappa shape index (κ2) is 6.48. The van der Waals surface area contributed by atoms with Crippen LogP contribution in [0.2, 0.25) is 0 Å². The molecule has 128 valence electrons. The number of para-hydroxylation sites is 2. The number of rotatable bonds is 3. The number of benzene rings is 3. The van der Waals surface area contributed by atoms with Gasteiger partial charge in [0.25, 0.3) is 0 Å². The lowest BCUT2D eigenvalue weighted by atomic mass is 10.1. The molecule has 2 N–H and O–H groups in total. The molecular weight excluding hydrogens is 322 g/mol. The van der Waals surface area contributed by atoms with Crippen molar-refractivity contribution in [1.82, 2.24) is 9.97 Å². The smallest absolute Gasteiger partial charge is 0.165 e. The maximum Gasteiger partial charge on any atom is 0.165 e. The molecule has 3 aromatic carbocycles. The van der Waals surface area contributed by atoms with E-state index in [1.54, 1.807) is 12.1 Å². The molecule has 1 heterocycles. The molecule has 0 saturated carbocycles. The molecular formula is C22H19N3O. The molecule has 26 heavy (non-hydrogen) atoms. The van der Waals surface area contributed by atoms with E-state index in [1.807, 2.05) is 42.5 Å². The van der Waals surface area contributed by atoms with Crippen LogP contribution in [0.25, 0.3) is 22.3 Å². The maximum absolute atomic E-state index is 10.2. The van der Waals surface area contributed by atoms with Crippen molar-refractivity contribution >= 4 is 22.4 Å². The summed E-state index contributed by atoms with van der Waals surface area (Å²) in [4.78, 5) is 9.33. The van der Waals surface area contributed by atoms with Gasteiger partial charge in [-0.15, -0.1) is 0 Å². The van der Waals surface area contributed by atoms with Gasteiger partial charge in [-0.3, -0.25) is 0 Å². The van der Waals surface area contributed by atoms with Crippen molar-refractivity contribution in [2.45, 2.75) is 13.8 Å². The maximum atomic E-state index is 10.2. The van der Waals surface area contributed by atoms with Gasteiger partial charge in [0.05, 0.1) is 11.1 Å². The van der Waals surface area contributed by atoms with E-state index in [9.17, 15) is 5.11 Å². The lowest BCUT2D eigenvalue weighted by Gasteiger charge is -2.12. The molecule has 0 amide bonds. The zero-order valence-corrected chi connectivity index (χ0v) is 14.7. The first kappa shape index (κ1) is 16.1. The second-order valence-electron chi connectivity index (χ2n) is 6.35. The average molecular weight is 341 g/mol. The predicted molar refractivity (Wildman–Crippen MR) is 106 cm³/mol. The third kappa shape index (κ3) is 2.97. The number of phenols is 1. The first-order chi connectivity index (χ1) is 12.6. The number of nitrogens with one attached hydrogen (secondary N) is 1. The van der Waals surface area contributed by atoms with Crippen molar-refractivity contribution in [1.29, 1.82) is 0 Å². The Morgan fingerprint density at radius 3 is 2.38 bits per heavy atom. The molecule has 0 spiro atoms. The largest absolute Gasteiger partial charge is 0.507 e. The highest BCUT2D eigenvalue weighted by Gasteiger charge is 2.12. The molecule has 0 bridgehead atoms. The Balaban J connectivity index is 1.87. The quantitative estimate of drug-likeness (QED) is 0.526. The topological polar surface area (TPSA) is 58.0 Å². The monoisotopic (exact) mass is 341 g/mol. The van der Waals surface area contributed by atoms with Crippen molar-refractivity contribution in [3.63, 3.8) is 0 Å². The number of aromatic hydroxyl groups is 1. The van der Waals surface area contributed by atoms with Crippen LogP contribution in [0.4, 0.5) is 11.5 Å². The summed E-state index contributed by atoms with van der Waals surface area (Å²) in [6.45, 7) is 4.18. The summed E-state index contributed by atoms with van der Waals surface area (Å²) >= 11 is 0. The molecule has 0 aliphatic heterocycles. The van der Waals surface area contributed by atoms with Gasteiger partial charge in [0, 0.05) is 11.1 Å².